The van der Waals surface area contributed by atoms with Gasteiger partial charge in [0.25, 0.3) is 0 Å². The van der Waals surface area contributed by atoms with Gasteiger partial charge < -0.3 is 10.2 Å². The highest BCUT2D eigenvalue weighted by molar-refractivity contribution is 5.48. The lowest BCUT2D eigenvalue weighted by Crippen LogP contribution is -2.13. The van der Waals surface area contributed by atoms with Crippen LogP contribution in [-0.4, -0.2) is 9.97 Å². The Morgan fingerprint density at radius 1 is 1.10 bits per heavy atom. The van der Waals surface area contributed by atoms with Gasteiger partial charge in [-0.25, -0.2) is 10.8 Å². The summed E-state index contributed by atoms with van der Waals surface area (Å²) in [7, 11) is 0. The van der Waals surface area contributed by atoms with Gasteiger partial charge in [0, 0.05) is 6.42 Å². The second-order valence-electron chi connectivity index (χ2n) is 4.52. The van der Waals surface area contributed by atoms with E-state index in [1.165, 1.54) is 5.56 Å². The SMILES string of the molecule is CCc1ccc(Oc2nc(CC)nc(NN)c2C)cc1. The molecule has 0 aliphatic heterocycles. The topological polar surface area (TPSA) is 73.1 Å². The standard InChI is InChI=1S/C15H20N4O/c1-4-11-6-8-12(9-7-11)20-15-10(3)14(19-16)17-13(5-2)18-15/h6-9H,4-5,16H2,1-3H3,(H,17,18,19). The number of nitrogen functional groups attached to an aromatic ring is 1. The maximum Gasteiger partial charge on any atom is 0.227 e. The Kier molecular flexibility index (Phi) is 4.53. The summed E-state index contributed by atoms with van der Waals surface area (Å²) in [5, 5.41) is 0. The average Bonchev–Trinajstić information content (AvgIpc) is 2.50. The molecule has 0 aliphatic carbocycles. The van der Waals surface area contributed by atoms with Crippen LogP contribution in [0.1, 0.15) is 30.8 Å². The summed E-state index contributed by atoms with van der Waals surface area (Å²) in [6, 6.07) is 7.99. The van der Waals surface area contributed by atoms with Gasteiger partial charge in [-0.05, 0) is 31.0 Å². The molecule has 0 saturated carbocycles. The lowest BCUT2D eigenvalue weighted by atomic mass is 10.2. The number of benzene rings is 1. The minimum absolute atomic E-state index is 0.536. The second-order valence-corrected chi connectivity index (χ2v) is 4.52. The normalized spacial score (nSPS) is 10.4. The fourth-order valence-corrected chi connectivity index (χ4v) is 1.84. The number of hydrogen-bond donors (Lipinski definition) is 2. The number of anilines is 1. The van der Waals surface area contributed by atoms with Crippen LogP contribution >= 0.6 is 0 Å². The molecule has 0 radical (unpaired) electrons. The monoisotopic (exact) mass is 272 g/mol. The Morgan fingerprint density at radius 3 is 2.35 bits per heavy atom. The summed E-state index contributed by atoms with van der Waals surface area (Å²) in [6.07, 6.45) is 1.73. The number of nitrogens with zero attached hydrogens (tertiary/aromatic N) is 2. The van der Waals surface area contributed by atoms with Crippen LogP contribution in [0.15, 0.2) is 24.3 Å². The van der Waals surface area contributed by atoms with E-state index in [1.807, 2.05) is 26.0 Å². The third kappa shape index (κ3) is 3.05. The number of aromatic nitrogens is 2. The molecule has 1 heterocycles. The highest BCUT2D eigenvalue weighted by Crippen LogP contribution is 2.27. The van der Waals surface area contributed by atoms with E-state index in [-0.39, 0.29) is 0 Å². The van der Waals surface area contributed by atoms with Gasteiger partial charge >= 0.3 is 0 Å². The van der Waals surface area contributed by atoms with Gasteiger partial charge in [-0.15, -0.1) is 0 Å². The molecule has 1 aromatic carbocycles. The molecule has 0 spiro atoms. The van der Waals surface area contributed by atoms with Gasteiger partial charge in [-0.1, -0.05) is 26.0 Å². The highest BCUT2D eigenvalue weighted by Gasteiger charge is 2.11. The number of rotatable bonds is 5. The summed E-state index contributed by atoms with van der Waals surface area (Å²) >= 11 is 0. The van der Waals surface area contributed by atoms with Crippen LogP contribution in [0.3, 0.4) is 0 Å². The molecule has 0 atom stereocenters. The zero-order chi connectivity index (χ0) is 14.5. The fraction of sp³-hybridized carbons (Fsp3) is 0.333. The Hall–Kier alpha value is -2.14. The zero-order valence-corrected chi connectivity index (χ0v) is 12.1. The van der Waals surface area contributed by atoms with Crippen molar-refractivity contribution in [1.82, 2.24) is 9.97 Å². The largest absolute Gasteiger partial charge is 0.439 e. The third-order valence-electron chi connectivity index (χ3n) is 3.15. The zero-order valence-electron chi connectivity index (χ0n) is 12.1. The first-order valence-electron chi connectivity index (χ1n) is 6.78. The molecular formula is C15H20N4O. The van der Waals surface area contributed by atoms with E-state index in [0.717, 1.165) is 24.2 Å². The quantitative estimate of drug-likeness (QED) is 0.646. The number of hydrazine groups is 1. The molecule has 0 unspecified atom stereocenters. The van der Waals surface area contributed by atoms with Gasteiger partial charge in [0.15, 0.2) is 0 Å². The van der Waals surface area contributed by atoms with Gasteiger partial charge in [0.2, 0.25) is 5.88 Å². The predicted octanol–water partition coefficient (Wildman–Crippen LogP) is 2.99. The molecule has 0 fully saturated rings. The lowest BCUT2D eigenvalue weighted by molar-refractivity contribution is 0.455. The first-order valence-corrected chi connectivity index (χ1v) is 6.78. The predicted molar refractivity (Wildman–Crippen MR) is 79.9 cm³/mol. The summed E-state index contributed by atoms with van der Waals surface area (Å²) < 4.78 is 5.85. The smallest absolute Gasteiger partial charge is 0.227 e. The minimum Gasteiger partial charge on any atom is -0.439 e. The van der Waals surface area contributed by atoms with E-state index in [1.54, 1.807) is 0 Å². The average molecular weight is 272 g/mol. The maximum absolute atomic E-state index is 5.85. The second kappa shape index (κ2) is 6.34. The van der Waals surface area contributed by atoms with E-state index in [9.17, 15) is 0 Å². The van der Waals surface area contributed by atoms with Crippen LogP contribution in [0.25, 0.3) is 0 Å². The fourth-order valence-electron chi connectivity index (χ4n) is 1.84. The van der Waals surface area contributed by atoms with E-state index < -0.39 is 0 Å². The molecule has 0 bridgehead atoms. The van der Waals surface area contributed by atoms with Gasteiger partial charge in [-0.3, -0.25) is 0 Å². The van der Waals surface area contributed by atoms with Crippen molar-refractivity contribution >= 4 is 5.82 Å². The van der Waals surface area contributed by atoms with E-state index in [2.05, 4.69) is 34.5 Å². The van der Waals surface area contributed by atoms with Crippen molar-refractivity contribution in [3.05, 3.63) is 41.2 Å². The first-order chi connectivity index (χ1) is 9.67. The van der Waals surface area contributed by atoms with Gasteiger partial charge in [-0.2, -0.15) is 4.98 Å². The molecule has 106 valence electrons. The van der Waals surface area contributed by atoms with Crippen molar-refractivity contribution in [2.75, 3.05) is 5.43 Å². The number of ether oxygens (including phenoxy) is 1. The number of hydrogen-bond acceptors (Lipinski definition) is 5. The van der Waals surface area contributed by atoms with Crippen LogP contribution < -0.4 is 16.0 Å². The van der Waals surface area contributed by atoms with Gasteiger partial charge in [0.1, 0.15) is 17.4 Å². The van der Waals surface area contributed by atoms with Crippen LogP contribution in [0.5, 0.6) is 11.6 Å². The molecule has 20 heavy (non-hydrogen) atoms. The van der Waals surface area contributed by atoms with Crippen LogP contribution in [0, 0.1) is 6.92 Å². The Balaban J connectivity index is 2.31. The first kappa shape index (κ1) is 14.3. The van der Waals surface area contributed by atoms with Crippen molar-refractivity contribution in [2.24, 2.45) is 5.84 Å². The Labute approximate surface area is 119 Å². The summed E-state index contributed by atoms with van der Waals surface area (Å²) in [5.74, 6) is 8.07. The summed E-state index contributed by atoms with van der Waals surface area (Å²) in [6.45, 7) is 5.99. The van der Waals surface area contributed by atoms with Crippen LogP contribution in [0.4, 0.5) is 5.82 Å². The molecule has 1 aromatic heterocycles. The van der Waals surface area contributed by atoms with Crippen molar-refractivity contribution in [3.8, 4) is 11.6 Å². The molecule has 2 aromatic rings. The van der Waals surface area contributed by atoms with E-state index in [4.69, 9.17) is 10.6 Å². The van der Waals surface area contributed by atoms with Crippen molar-refractivity contribution in [3.63, 3.8) is 0 Å². The Bertz CT molecular complexity index is 581. The van der Waals surface area contributed by atoms with Crippen molar-refractivity contribution < 1.29 is 4.74 Å². The summed E-state index contributed by atoms with van der Waals surface area (Å²) in [5.41, 5.74) is 4.65. The Morgan fingerprint density at radius 2 is 1.80 bits per heavy atom. The number of nitrogens with two attached hydrogens (primary N) is 1. The minimum atomic E-state index is 0.536. The van der Waals surface area contributed by atoms with Crippen LogP contribution in [-0.2, 0) is 12.8 Å². The number of nitrogens with one attached hydrogen (secondary N) is 1. The maximum atomic E-state index is 5.85. The summed E-state index contributed by atoms with van der Waals surface area (Å²) in [4.78, 5) is 8.72. The molecule has 0 amide bonds. The molecule has 5 nitrogen and oxygen atoms in total. The van der Waals surface area contributed by atoms with Gasteiger partial charge in [0.05, 0.1) is 5.56 Å². The van der Waals surface area contributed by atoms with Crippen molar-refractivity contribution in [1.29, 1.82) is 0 Å². The molecule has 3 N–H and O–H groups in total. The van der Waals surface area contributed by atoms with E-state index >= 15 is 0 Å². The molecule has 0 saturated heterocycles. The molecule has 2 rings (SSSR count). The van der Waals surface area contributed by atoms with Crippen LogP contribution in [0.2, 0.25) is 0 Å². The van der Waals surface area contributed by atoms with Crippen molar-refractivity contribution in [2.45, 2.75) is 33.6 Å². The molecule has 0 aliphatic rings. The van der Waals surface area contributed by atoms with E-state index in [0.29, 0.717) is 17.5 Å². The molecular weight excluding hydrogens is 252 g/mol. The third-order valence-corrected chi connectivity index (χ3v) is 3.15. The lowest BCUT2D eigenvalue weighted by Gasteiger charge is -2.12. The highest BCUT2D eigenvalue weighted by atomic mass is 16.5. The number of aryl methyl sites for hydroxylation is 2. The molecule has 5 heteroatoms.